The summed E-state index contributed by atoms with van der Waals surface area (Å²) in [6.07, 6.45) is 2.34. The fourth-order valence-corrected chi connectivity index (χ4v) is 2.04. The van der Waals surface area contributed by atoms with E-state index in [4.69, 9.17) is 0 Å². The van der Waals surface area contributed by atoms with Crippen molar-refractivity contribution in [3.8, 4) is 11.3 Å². The third kappa shape index (κ3) is 2.76. The predicted molar refractivity (Wildman–Crippen MR) is 75.7 cm³/mol. The minimum absolute atomic E-state index is 0.262. The molecule has 0 unspecified atom stereocenters. The quantitative estimate of drug-likeness (QED) is 0.782. The van der Waals surface area contributed by atoms with Gasteiger partial charge < -0.3 is 0 Å². The van der Waals surface area contributed by atoms with Gasteiger partial charge in [0.25, 0.3) is 0 Å². The molecule has 0 aliphatic carbocycles. The van der Waals surface area contributed by atoms with E-state index in [1.54, 1.807) is 23.0 Å². The first kappa shape index (κ1) is 13.9. The SMILES string of the molecule is CC(C)(C)n1cc(C=O)c(-c2ccc(Br)cc2F)n1. The highest BCUT2D eigenvalue weighted by atomic mass is 79.9. The van der Waals surface area contributed by atoms with Crippen molar-refractivity contribution in [2.75, 3.05) is 0 Å². The summed E-state index contributed by atoms with van der Waals surface area (Å²) in [6.45, 7) is 5.91. The van der Waals surface area contributed by atoms with Crippen LogP contribution in [0.15, 0.2) is 28.9 Å². The van der Waals surface area contributed by atoms with Crippen molar-refractivity contribution < 1.29 is 9.18 Å². The molecule has 0 radical (unpaired) electrons. The lowest BCUT2D eigenvalue weighted by Gasteiger charge is -2.18. The van der Waals surface area contributed by atoms with Gasteiger partial charge in [-0.05, 0) is 39.0 Å². The van der Waals surface area contributed by atoms with E-state index in [0.29, 0.717) is 27.6 Å². The zero-order valence-electron chi connectivity index (χ0n) is 10.9. The molecule has 19 heavy (non-hydrogen) atoms. The van der Waals surface area contributed by atoms with E-state index in [1.807, 2.05) is 20.8 Å². The van der Waals surface area contributed by atoms with Crippen LogP contribution in [0.5, 0.6) is 0 Å². The molecule has 2 aromatic rings. The molecule has 0 saturated heterocycles. The lowest BCUT2D eigenvalue weighted by Crippen LogP contribution is -2.22. The van der Waals surface area contributed by atoms with Crippen molar-refractivity contribution in [2.24, 2.45) is 0 Å². The van der Waals surface area contributed by atoms with Crippen molar-refractivity contribution in [3.63, 3.8) is 0 Å². The van der Waals surface area contributed by atoms with E-state index in [1.165, 1.54) is 6.07 Å². The van der Waals surface area contributed by atoms with Crippen LogP contribution in [0.1, 0.15) is 31.1 Å². The van der Waals surface area contributed by atoms with Gasteiger partial charge in [-0.2, -0.15) is 5.10 Å². The van der Waals surface area contributed by atoms with E-state index >= 15 is 0 Å². The Labute approximate surface area is 119 Å². The summed E-state index contributed by atoms with van der Waals surface area (Å²) in [7, 11) is 0. The number of aromatic nitrogens is 2. The third-order valence-electron chi connectivity index (χ3n) is 2.74. The van der Waals surface area contributed by atoms with Crippen LogP contribution in [0.4, 0.5) is 4.39 Å². The average Bonchev–Trinajstić information content (AvgIpc) is 2.72. The Bertz CT molecular complexity index is 629. The van der Waals surface area contributed by atoms with Gasteiger partial charge in [0.2, 0.25) is 0 Å². The van der Waals surface area contributed by atoms with Crippen molar-refractivity contribution in [2.45, 2.75) is 26.3 Å². The highest BCUT2D eigenvalue weighted by Gasteiger charge is 2.20. The fourth-order valence-electron chi connectivity index (χ4n) is 1.71. The highest BCUT2D eigenvalue weighted by Crippen LogP contribution is 2.28. The normalized spacial score (nSPS) is 11.6. The molecule has 100 valence electrons. The minimum Gasteiger partial charge on any atom is -0.298 e. The Kier molecular flexibility index (Phi) is 3.58. The second-order valence-corrected chi connectivity index (χ2v) is 6.21. The van der Waals surface area contributed by atoms with E-state index in [9.17, 15) is 9.18 Å². The van der Waals surface area contributed by atoms with Gasteiger partial charge in [-0.1, -0.05) is 15.9 Å². The first-order valence-corrected chi connectivity index (χ1v) is 6.63. The summed E-state index contributed by atoms with van der Waals surface area (Å²) in [5.74, 6) is -0.406. The van der Waals surface area contributed by atoms with Gasteiger partial charge in [0, 0.05) is 16.2 Å². The van der Waals surface area contributed by atoms with Crippen LogP contribution >= 0.6 is 15.9 Å². The van der Waals surface area contributed by atoms with Crippen molar-refractivity contribution in [1.82, 2.24) is 9.78 Å². The number of hydrogen-bond acceptors (Lipinski definition) is 2. The maximum atomic E-state index is 14.0. The number of carbonyl (C=O) groups excluding carboxylic acids is 1. The first-order chi connectivity index (χ1) is 8.82. The number of carbonyl (C=O) groups is 1. The molecule has 2 rings (SSSR count). The Hall–Kier alpha value is -1.49. The van der Waals surface area contributed by atoms with Crippen LogP contribution in [-0.2, 0) is 5.54 Å². The molecule has 5 heteroatoms. The van der Waals surface area contributed by atoms with Gasteiger partial charge in [0.1, 0.15) is 11.5 Å². The van der Waals surface area contributed by atoms with Crippen molar-refractivity contribution in [3.05, 3.63) is 40.2 Å². The molecular weight excluding hydrogens is 311 g/mol. The van der Waals surface area contributed by atoms with E-state index < -0.39 is 5.82 Å². The average molecular weight is 325 g/mol. The summed E-state index contributed by atoms with van der Waals surface area (Å²) < 4.78 is 16.3. The third-order valence-corrected chi connectivity index (χ3v) is 3.24. The number of hydrogen-bond donors (Lipinski definition) is 0. The molecule has 0 spiro atoms. The summed E-state index contributed by atoms with van der Waals surface area (Å²) in [6, 6.07) is 4.70. The number of halogens is 2. The standard InChI is InChI=1S/C14H14BrFN2O/c1-14(2,3)18-7-9(8-19)13(17-18)11-5-4-10(15)6-12(11)16/h4-8H,1-3H3. The maximum Gasteiger partial charge on any atom is 0.153 e. The van der Waals surface area contributed by atoms with Crippen LogP contribution in [0, 0.1) is 5.82 Å². The molecule has 0 aliphatic rings. The Morgan fingerprint density at radius 3 is 2.58 bits per heavy atom. The van der Waals surface area contributed by atoms with Gasteiger partial charge in [-0.3, -0.25) is 9.48 Å². The van der Waals surface area contributed by atoms with Crippen molar-refractivity contribution >= 4 is 22.2 Å². The van der Waals surface area contributed by atoms with Gasteiger partial charge in [0.15, 0.2) is 6.29 Å². The lowest BCUT2D eigenvalue weighted by atomic mass is 10.1. The monoisotopic (exact) mass is 324 g/mol. The van der Waals surface area contributed by atoms with E-state index in [-0.39, 0.29) is 5.54 Å². The summed E-state index contributed by atoms with van der Waals surface area (Å²) in [4.78, 5) is 11.1. The van der Waals surface area contributed by atoms with Gasteiger partial charge in [-0.15, -0.1) is 0 Å². The van der Waals surface area contributed by atoms with Crippen LogP contribution in [0.25, 0.3) is 11.3 Å². The van der Waals surface area contributed by atoms with Gasteiger partial charge >= 0.3 is 0 Å². The predicted octanol–water partition coefficient (Wildman–Crippen LogP) is 4.02. The number of nitrogens with zero attached hydrogens (tertiary/aromatic N) is 2. The smallest absolute Gasteiger partial charge is 0.153 e. The Balaban J connectivity index is 2.61. The van der Waals surface area contributed by atoms with E-state index in [2.05, 4.69) is 21.0 Å². The molecular formula is C14H14BrFN2O. The van der Waals surface area contributed by atoms with E-state index in [0.717, 1.165) is 0 Å². The van der Waals surface area contributed by atoms with Gasteiger partial charge in [0.05, 0.1) is 11.1 Å². The number of aldehydes is 1. The summed E-state index contributed by atoms with van der Waals surface area (Å²) in [5, 5.41) is 4.34. The van der Waals surface area contributed by atoms with Crippen LogP contribution in [-0.4, -0.2) is 16.1 Å². The summed E-state index contributed by atoms with van der Waals surface area (Å²) in [5.41, 5.74) is 0.821. The molecule has 0 aliphatic heterocycles. The Morgan fingerprint density at radius 2 is 2.05 bits per heavy atom. The maximum absolute atomic E-state index is 14.0. The molecule has 1 heterocycles. The largest absolute Gasteiger partial charge is 0.298 e. The zero-order valence-corrected chi connectivity index (χ0v) is 12.5. The number of rotatable bonds is 2. The van der Waals surface area contributed by atoms with Crippen LogP contribution in [0.2, 0.25) is 0 Å². The van der Waals surface area contributed by atoms with Crippen LogP contribution < -0.4 is 0 Å². The molecule has 1 aromatic carbocycles. The Morgan fingerprint density at radius 1 is 1.37 bits per heavy atom. The second kappa shape index (κ2) is 4.89. The molecule has 3 nitrogen and oxygen atoms in total. The lowest BCUT2D eigenvalue weighted by molar-refractivity contribution is 0.112. The topological polar surface area (TPSA) is 34.9 Å². The molecule has 0 saturated carbocycles. The summed E-state index contributed by atoms with van der Waals surface area (Å²) >= 11 is 3.21. The highest BCUT2D eigenvalue weighted by molar-refractivity contribution is 9.10. The molecule has 0 amide bonds. The zero-order chi connectivity index (χ0) is 14.2. The van der Waals surface area contributed by atoms with Crippen molar-refractivity contribution in [1.29, 1.82) is 0 Å². The van der Waals surface area contributed by atoms with Crippen LogP contribution in [0.3, 0.4) is 0 Å². The molecule has 0 bridgehead atoms. The molecule has 0 fully saturated rings. The number of benzene rings is 1. The molecule has 1 aromatic heterocycles. The second-order valence-electron chi connectivity index (χ2n) is 5.29. The molecule has 0 atom stereocenters. The minimum atomic E-state index is -0.406. The fraction of sp³-hybridized carbons (Fsp3) is 0.286. The molecule has 0 N–H and O–H groups in total. The van der Waals surface area contributed by atoms with Gasteiger partial charge in [-0.25, -0.2) is 4.39 Å². The first-order valence-electron chi connectivity index (χ1n) is 5.83.